The number of benzene rings is 5. The predicted molar refractivity (Wildman–Crippen MR) is 208 cm³/mol. The van der Waals surface area contributed by atoms with E-state index in [2.05, 4.69) is 0 Å². The first kappa shape index (κ1) is 37.7. The second kappa shape index (κ2) is 16.8. The van der Waals surface area contributed by atoms with Gasteiger partial charge in [-0.2, -0.15) is 0 Å². The molecule has 1 aliphatic heterocycles. The Bertz CT molecular complexity index is 2310. The quantitative estimate of drug-likeness (QED) is 0.0736. The summed E-state index contributed by atoms with van der Waals surface area (Å²) in [6.45, 7) is 0.649. The van der Waals surface area contributed by atoms with Crippen LogP contribution in [0.2, 0.25) is 0 Å². The molecule has 1 aliphatic rings. The molecule has 0 saturated heterocycles. The minimum Gasteiger partial charge on any atom is -0.469 e. The van der Waals surface area contributed by atoms with Gasteiger partial charge in [-0.1, -0.05) is 72.8 Å². The van der Waals surface area contributed by atoms with Crippen LogP contribution in [0.15, 0.2) is 114 Å². The van der Waals surface area contributed by atoms with Crippen molar-refractivity contribution in [1.82, 2.24) is 0 Å². The van der Waals surface area contributed by atoms with Crippen molar-refractivity contribution in [3.63, 3.8) is 0 Å². The molecule has 278 valence electrons. The molecule has 5 aromatic carbocycles. The molecule has 0 unspecified atom stereocenters. The van der Waals surface area contributed by atoms with Crippen LogP contribution in [0.3, 0.4) is 0 Å². The third-order valence-corrected chi connectivity index (χ3v) is 11.4. The Morgan fingerprint density at radius 1 is 0.889 bits per heavy atom. The molecule has 1 heterocycles. The molecule has 0 radical (unpaired) electrons. The number of anilines is 2. The van der Waals surface area contributed by atoms with E-state index in [-0.39, 0.29) is 61.0 Å². The Kier molecular flexibility index (Phi) is 11.7. The first-order valence-corrected chi connectivity index (χ1v) is 19.2. The van der Waals surface area contributed by atoms with Gasteiger partial charge in [-0.25, -0.2) is 13.2 Å². The van der Waals surface area contributed by atoms with Crippen LogP contribution in [0, 0.1) is 5.41 Å². The van der Waals surface area contributed by atoms with Crippen molar-refractivity contribution in [2.45, 2.75) is 50.0 Å². The van der Waals surface area contributed by atoms with Gasteiger partial charge in [0.1, 0.15) is 12.4 Å². The molecular formula is C42H42N4O7S. The average molecular weight is 747 g/mol. The molecule has 3 N–H and O–H groups in total. The van der Waals surface area contributed by atoms with Crippen LogP contribution in [0.1, 0.15) is 58.3 Å². The molecule has 0 spiro atoms. The first-order chi connectivity index (χ1) is 26.1. The minimum absolute atomic E-state index is 0.0457. The Morgan fingerprint density at radius 2 is 1.65 bits per heavy atom. The molecule has 5 aromatic rings. The normalized spacial score (nSPS) is 12.5. The number of rotatable bonds is 14. The van der Waals surface area contributed by atoms with E-state index in [1.165, 1.54) is 17.5 Å². The number of ether oxygens (including phenoxy) is 2. The topological polar surface area (TPSA) is 160 Å². The summed E-state index contributed by atoms with van der Waals surface area (Å²) in [4.78, 5) is 40.4. The fourth-order valence-electron chi connectivity index (χ4n) is 6.75. The number of amides is 1. The summed E-state index contributed by atoms with van der Waals surface area (Å²) in [6.07, 6.45) is 2.03. The number of amidine groups is 1. The number of nitrogen functional groups attached to an aromatic ring is 1. The maximum absolute atomic E-state index is 14.4. The maximum atomic E-state index is 14.4. The van der Waals surface area contributed by atoms with Crippen molar-refractivity contribution in [2.75, 3.05) is 29.4 Å². The summed E-state index contributed by atoms with van der Waals surface area (Å²) >= 11 is 0. The lowest BCUT2D eigenvalue weighted by Gasteiger charge is -2.32. The number of methoxy groups -OCH3 is 1. The molecule has 0 bridgehead atoms. The molecule has 12 heteroatoms. The number of sulfonamides is 1. The number of carbonyl (C=O) groups excluding carboxylic acids is 3. The average Bonchev–Trinajstić information content (AvgIpc) is 3.19. The standard InChI is InChI=1S/C42H42N4O7S/c1-52-40(48)17-9-25-46(54(50,51)38-16-7-13-30-12-5-6-15-35(30)38)34-21-22-37-32(26-34)14-8-24-45(37)39(47)23-20-31-18-19-33(27-36(31)41(43)44)42(49)53-28-29-10-3-2-4-11-29/h2-7,10-13,15-16,18-19,21-22,26-27H,8-9,14,17,20,23-25,28H2,1H3,(H3,43,44). The zero-order valence-electron chi connectivity index (χ0n) is 30.0. The van der Waals surface area contributed by atoms with E-state index in [0.717, 1.165) is 16.5 Å². The molecule has 0 aromatic heterocycles. The first-order valence-electron chi connectivity index (χ1n) is 17.8. The summed E-state index contributed by atoms with van der Waals surface area (Å²) in [5.41, 5.74) is 10.0. The van der Waals surface area contributed by atoms with Crippen LogP contribution in [0.5, 0.6) is 0 Å². The van der Waals surface area contributed by atoms with Gasteiger partial charge >= 0.3 is 11.9 Å². The number of aryl methyl sites for hydroxylation is 2. The van der Waals surface area contributed by atoms with Crippen LogP contribution in [-0.4, -0.2) is 52.3 Å². The monoisotopic (exact) mass is 746 g/mol. The summed E-state index contributed by atoms with van der Waals surface area (Å²) < 4.78 is 40.3. The number of hydrogen-bond donors (Lipinski definition) is 2. The van der Waals surface area contributed by atoms with Gasteiger partial charge in [0.2, 0.25) is 5.91 Å². The molecule has 0 saturated carbocycles. The van der Waals surface area contributed by atoms with Crippen LogP contribution in [0.25, 0.3) is 10.8 Å². The smallest absolute Gasteiger partial charge is 0.338 e. The highest BCUT2D eigenvalue weighted by molar-refractivity contribution is 7.93. The van der Waals surface area contributed by atoms with Gasteiger partial charge in [0, 0.05) is 42.6 Å². The molecule has 0 atom stereocenters. The highest BCUT2D eigenvalue weighted by atomic mass is 32.2. The van der Waals surface area contributed by atoms with Gasteiger partial charge in [-0.15, -0.1) is 0 Å². The number of nitrogens with one attached hydrogen (secondary N) is 1. The van der Waals surface area contributed by atoms with E-state index in [9.17, 15) is 22.8 Å². The van der Waals surface area contributed by atoms with Crippen LogP contribution in [0.4, 0.5) is 11.4 Å². The SMILES string of the molecule is COC(=O)CCCN(c1ccc2c(c1)CCCN2C(=O)CCc1ccc(C(=O)OCc2ccccc2)cc1C(=N)N)S(=O)(=O)c1cccc2ccccc12. The third kappa shape index (κ3) is 8.44. The minimum atomic E-state index is -4.07. The zero-order valence-corrected chi connectivity index (χ0v) is 30.8. The largest absolute Gasteiger partial charge is 0.469 e. The molecule has 1 amide bonds. The Hall–Kier alpha value is -6.01. The molecule has 0 fully saturated rings. The van der Waals surface area contributed by atoms with Crippen LogP contribution < -0.4 is 14.9 Å². The van der Waals surface area contributed by atoms with Gasteiger partial charge in [-0.05, 0) is 84.2 Å². The van der Waals surface area contributed by atoms with E-state index >= 15 is 0 Å². The van der Waals surface area contributed by atoms with E-state index in [4.69, 9.17) is 20.6 Å². The van der Waals surface area contributed by atoms with Crippen molar-refractivity contribution < 1.29 is 32.3 Å². The lowest BCUT2D eigenvalue weighted by Crippen LogP contribution is -2.36. The van der Waals surface area contributed by atoms with E-state index < -0.39 is 22.0 Å². The second-order valence-corrected chi connectivity index (χ2v) is 14.9. The van der Waals surface area contributed by atoms with Gasteiger partial charge in [-0.3, -0.25) is 19.3 Å². The molecule has 54 heavy (non-hydrogen) atoms. The fraction of sp³-hybridized carbons (Fsp3) is 0.238. The summed E-state index contributed by atoms with van der Waals surface area (Å²) in [7, 11) is -2.77. The number of nitrogens with zero attached hydrogens (tertiary/aromatic N) is 2. The molecule has 11 nitrogen and oxygen atoms in total. The van der Waals surface area contributed by atoms with Crippen molar-refractivity contribution >= 4 is 55.9 Å². The Labute approximate surface area is 314 Å². The fourth-order valence-corrected chi connectivity index (χ4v) is 8.46. The van der Waals surface area contributed by atoms with Crippen molar-refractivity contribution in [3.05, 3.63) is 137 Å². The van der Waals surface area contributed by atoms with Crippen LogP contribution in [-0.2, 0) is 48.5 Å². The third-order valence-electron chi connectivity index (χ3n) is 9.51. The molecule has 6 rings (SSSR count). The highest BCUT2D eigenvalue weighted by Crippen LogP contribution is 2.35. The Morgan fingerprint density at radius 3 is 2.43 bits per heavy atom. The number of carbonyl (C=O) groups is 3. The number of nitrogens with two attached hydrogens (primary N) is 1. The van der Waals surface area contributed by atoms with Crippen LogP contribution >= 0.6 is 0 Å². The predicted octanol–water partition coefficient (Wildman–Crippen LogP) is 6.54. The number of hydrogen-bond acceptors (Lipinski definition) is 8. The maximum Gasteiger partial charge on any atom is 0.338 e. The lowest BCUT2D eigenvalue weighted by molar-refractivity contribution is -0.140. The summed E-state index contributed by atoms with van der Waals surface area (Å²) in [5.74, 6) is -1.33. The molecular weight excluding hydrogens is 705 g/mol. The van der Waals surface area contributed by atoms with Gasteiger partial charge < -0.3 is 20.1 Å². The Balaban J connectivity index is 1.20. The van der Waals surface area contributed by atoms with Crippen molar-refractivity contribution in [3.8, 4) is 0 Å². The molecule has 0 aliphatic carbocycles. The lowest BCUT2D eigenvalue weighted by atomic mass is 9.97. The van der Waals surface area contributed by atoms with Crippen molar-refractivity contribution in [1.29, 1.82) is 5.41 Å². The van der Waals surface area contributed by atoms with Gasteiger partial charge in [0.25, 0.3) is 10.0 Å². The van der Waals surface area contributed by atoms with Gasteiger partial charge in [0.15, 0.2) is 0 Å². The second-order valence-electron chi connectivity index (χ2n) is 13.0. The number of esters is 2. The van der Waals surface area contributed by atoms with E-state index in [0.29, 0.717) is 47.3 Å². The number of fused-ring (bicyclic) bond motifs is 2. The van der Waals surface area contributed by atoms with Crippen molar-refractivity contribution in [2.24, 2.45) is 5.73 Å². The van der Waals surface area contributed by atoms with E-state index in [1.807, 2.05) is 54.6 Å². The summed E-state index contributed by atoms with van der Waals surface area (Å²) in [6, 6.07) is 31.9. The summed E-state index contributed by atoms with van der Waals surface area (Å²) in [5, 5.41) is 9.54. The van der Waals surface area contributed by atoms with E-state index in [1.54, 1.807) is 53.4 Å². The van der Waals surface area contributed by atoms with Gasteiger partial charge in [0.05, 0.1) is 23.3 Å². The zero-order chi connectivity index (χ0) is 38.2. The highest BCUT2D eigenvalue weighted by Gasteiger charge is 2.29.